The highest BCUT2D eigenvalue weighted by Gasteiger charge is 2.18. The maximum atomic E-state index is 11.1. The van der Waals surface area contributed by atoms with E-state index >= 15 is 0 Å². The van der Waals surface area contributed by atoms with Crippen molar-refractivity contribution in [3.8, 4) is 0 Å². The van der Waals surface area contributed by atoms with E-state index in [9.17, 15) is 8.42 Å². The molecule has 0 bridgehead atoms. The summed E-state index contributed by atoms with van der Waals surface area (Å²) in [4.78, 5) is 6.65. The lowest BCUT2D eigenvalue weighted by Crippen LogP contribution is -2.44. The summed E-state index contributed by atoms with van der Waals surface area (Å²) in [7, 11) is -1.25. The van der Waals surface area contributed by atoms with E-state index in [0.717, 1.165) is 19.6 Å². The van der Waals surface area contributed by atoms with Gasteiger partial charge in [0.1, 0.15) is 9.84 Å². The van der Waals surface area contributed by atoms with Gasteiger partial charge in [-0.1, -0.05) is 44.2 Å². The molecule has 0 aromatic heterocycles. The van der Waals surface area contributed by atoms with Crippen molar-refractivity contribution < 1.29 is 13.2 Å². The van der Waals surface area contributed by atoms with Gasteiger partial charge >= 0.3 is 0 Å². The number of rotatable bonds is 12. The summed E-state index contributed by atoms with van der Waals surface area (Å²) in [6.07, 6.45) is 1.21. The van der Waals surface area contributed by atoms with Gasteiger partial charge in [0, 0.05) is 26.4 Å². The molecular formula is C19H34N4O3S. The van der Waals surface area contributed by atoms with Crippen LogP contribution in [0.2, 0.25) is 0 Å². The number of aliphatic imine (C=N–C) groups is 1. The Kier molecular flexibility index (Phi) is 11.0. The van der Waals surface area contributed by atoms with E-state index in [1.165, 1.54) is 11.8 Å². The molecule has 0 heterocycles. The van der Waals surface area contributed by atoms with Crippen LogP contribution < -0.4 is 10.6 Å². The maximum absolute atomic E-state index is 11.1. The number of hydrogen-bond donors (Lipinski definition) is 2. The number of nitrogens with one attached hydrogen (secondary N) is 2. The fourth-order valence-corrected chi connectivity index (χ4v) is 3.19. The average Bonchev–Trinajstić information content (AvgIpc) is 2.65. The number of benzene rings is 1. The minimum Gasteiger partial charge on any atom is -0.379 e. The Bertz CT molecular complexity index is 646. The molecule has 154 valence electrons. The first kappa shape index (κ1) is 23.4. The third-order valence-electron chi connectivity index (χ3n) is 4.26. The number of sulfone groups is 1. The molecule has 0 amide bonds. The molecule has 1 atom stereocenters. The van der Waals surface area contributed by atoms with Gasteiger partial charge in [-0.15, -0.1) is 0 Å². The molecule has 0 fully saturated rings. The molecule has 1 rings (SSSR count). The molecular weight excluding hydrogens is 364 g/mol. The lowest BCUT2D eigenvalue weighted by molar-refractivity contribution is 0.154. The number of guanidine groups is 1. The fraction of sp³-hybridized carbons (Fsp3) is 0.632. The molecule has 0 aliphatic rings. The summed E-state index contributed by atoms with van der Waals surface area (Å²) in [6.45, 7) is 8.21. The Morgan fingerprint density at radius 1 is 1.15 bits per heavy atom. The molecule has 2 N–H and O–H groups in total. The van der Waals surface area contributed by atoms with E-state index in [1.54, 1.807) is 7.05 Å². The molecule has 8 heteroatoms. The van der Waals surface area contributed by atoms with Gasteiger partial charge in [-0.2, -0.15) is 0 Å². The Morgan fingerprint density at radius 3 is 2.37 bits per heavy atom. The summed E-state index contributed by atoms with van der Waals surface area (Å²) >= 11 is 0. The zero-order chi connectivity index (χ0) is 20.1. The summed E-state index contributed by atoms with van der Waals surface area (Å²) in [5.41, 5.74) is 1.27. The second-order valence-corrected chi connectivity index (χ2v) is 8.53. The van der Waals surface area contributed by atoms with E-state index in [4.69, 9.17) is 4.74 Å². The van der Waals surface area contributed by atoms with Gasteiger partial charge in [0.15, 0.2) is 5.96 Å². The van der Waals surface area contributed by atoms with Crippen molar-refractivity contribution in [3.63, 3.8) is 0 Å². The van der Waals surface area contributed by atoms with Crippen LogP contribution in [0.1, 0.15) is 25.5 Å². The summed E-state index contributed by atoms with van der Waals surface area (Å²) in [5, 5.41) is 6.57. The van der Waals surface area contributed by atoms with Crippen LogP contribution in [0, 0.1) is 0 Å². The molecule has 0 aliphatic carbocycles. The van der Waals surface area contributed by atoms with Crippen molar-refractivity contribution >= 4 is 15.8 Å². The van der Waals surface area contributed by atoms with Gasteiger partial charge < -0.3 is 15.4 Å². The van der Waals surface area contributed by atoms with Crippen LogP contribution in [-0.4, -0.2) is 77.7 Å². The van der Waals surface area contributed by atoms with E-state index < -0.39 is 9.84 Å². The molecule has 1 aromatic carbocycles. The van der Waals surface area contributed by atoms with Gasteiger partial charge in [0.05, 0.1) is 25.0 Å². The van der Waals surface area contributed by atoms with E-state index in [-0.39, 0.29) is 18.4 Å². The van der Waals surface area contributed by atoms with Crippen molar-refractivity contribution in [1.82, 2.24) is 15.5 Å². The van der Waals surface area contributed by atoms with Crippen LogP contribution in [0.4, 0.5) is 0 Å². The van der Waals surface area contributed by atoms with Gasteiger partial charge in [-0.3, -0.25) is 9.89 Å². The third-order valence-corrected chi connectivity index (χ3v) is 5.17. The Hall–Kier alpha value is -1.64. The smallest absolute Gasteiger partial charge is 0.191 e. The SMILES string of the molecule is CCN(CC)C(CNC(=NC)NCCOCCS(C)(=O)=O)c1ccccc1. The molecule has 7 nitrogen and oxygen atoms in total. The lowest BCUT2D eigenvalue weighted by Gasteiger charge is -2.30. The highest BCUT2D eigenvalue weighted by atomic mass is 32.2. The van der Waals surface area contributed by atoms with Gasteiger partial charge in [0.25, 0.3) is 0 Å². The number of nitrogens with zero attached hydrogens (tertiary/aromatic N) is 2. The molecule has 1 aromatic rings. The fourth-order valence-electron chi connectivity index (χ4n) is 2.77. The van der Waals surface area contributed by atoms with Crippen LogP contribution in [0.5, 0.6) is 0 Å². The minimum absolute atomic E-state index is 0.0442. The van der Waals surface area contributed by atoms with Crippen molar-refractivity contribution in [1.29, 1.82) is 0 Å². The topological polar surface area (TPSA) is 83.0 Å². The lowest BCUT2D eigenvalue weighted by atomic mass is 10.1. The van der Waals surface area contributed by atoms with E-state index in [1.807, 2.05) is 6.07 Å². The molecule has 0 radical (unpaired) electrons. The largest absolute Gasteiger partial charge is 0.379 e. The number of likely N-dealkylation sites (N-methyl/N-ethyl adjacent to an activating group) is 1. The summed E-state index contributed by atoms with van der Waals surface area (Å²) in [5.74, 6) is 0.748. The molecule has 1 unspecified atom stereocenters. The Labute approximate surface area is 164 Å². The molecule has 0 aliphatic heterocycles. The van der Waals surface area contributed by atoms with E-state index in [2.05, 4.69) is 58.6 Å². The first-order valence-electron chi connectivity index (χ1n) is 9.40. The van der Waals surface area contributed by atoms with Crippen LogP contribution in [0.25, 0.3) is 0 Å². The number of ether oxygens (including phenoxy) is 1. The van der Waals surface area contributed by atoms with Crippen molar-refractivity contribution in [2.24, 2.45) is 4.99 Å². The second-order valence-electron chi connectivity index (χ2n) is 6.27. The quantitative estimate of drug-likeness (QED) is 0.314. The van der Waals surface area contributed by atoms with Gasteiger partial charge in [0.2, 0.25) is 0 Å². The molecule has 27 heavy (non-hydrogen) atoms. The highest BCUT2D eigenvalue weighted by Crippen LogP contribution is 2.19. The van der Waals surface area contributed by atoms with Crippen LogP contribution in [-0.2, 0) is 14.6 Å². The molecule has 0 spiro atoms. The zero-order valence-corrected chi connectivity index (χ0v) is 17.8. The third kappa shape index (κ3) is 9.74. The first-order valence-corrected chi connectivity index (χ1v) is 11.5. The summed E-state index contributed by atoms with van der Waals surface area (Å²) in [6, 6.07) is 10.7. The summed E-state index contributed by atoms with van der Waals surface area (Å²) < 4.78 is 27.5. The van der Waals surface area contributed by atoms with Crippen molar-refractivity contribution in [3.05, 3.63) is 35.9 Å². The average molecular weight is 399 g/mol. The predicted octanol–water partition coefficient (Wildman–Crippen LogP) is 1.30. The van der Waals surface area contributed by atoms with Crippen molar-refractivity contribution in [2.45, 2.75) is 19.9 Å². The molecule has 0 saturated heterocycles. The molecule has 0 saturated carbocycles. The van der Waals surface area contributed by atoms with E-state index in [0.29, 0.717) is 19.1 Å². The zero-order valence-electron chi connectivity index (χ0n) is 16.9. The highest BCUT2D eigenvalue weighted by molar-refractivity contribution is 7.90. The monoisotopic (exact) mass is 398 g/mol. The van der Waals surface area contributed by atoms with Gasteiger partial charge in [-0.05, 0) is 18.7 Å². The Balaban J connectivity index is 2.48. The number of hydrogen-bond acceptors (Lipinski definition) is 5. The Morgan fingerprint density at radius 2 is 1.81 bits per heavy atom. The van der Waals surface area contributed by atoms with Gasteiger partial charge in [-0.25, -0.2) is 8.42 Å². The first-order chi connectivity index (χ1) is 12.9. The van der Waals surface area contributed by atoms with Crippen LogP contribution in [0.3, 0.4) is 0 Å². The van der Waals surface area contributed by atoms with Crippen LogP contribution in [0.15, 0.2) is 35.3 Å². The standard InChI is InChI=1S/C19H34N4O3S/c1-5-23(6-2)18(17-10-8-7-9-11-17)16-22-19(20-3)21-12-13-26-14-15-27(4,24)25/h7-11,18H,5-6,12-16H2,1-4H3,(H2,20,21,22). The maximum Gasteiger partial charge on any atom is 0.191 e. The normalized spacial score (nSPS) is 13.6. The minimum atomic E-state index is -2.98. The predicted molar refractivity (Wildman–Crippen MR) is 112 cm³/mol. The van der Waals surface area contributed by atoms with Crippen molar-refractivity contribution in [2.75, 3.05) is 58.4 Å². The van der Waals surface area contributed by atoms with Crippen LogP contribution >= 0.6 is 0 Å². The second kappa shape index (κ2) is 12.7.